The van der Waals surface area contributed by atoms with Gasteiger partial charge in [-0.25, -0.2) is 0 Å². The van der Waals surface area contributed by atoms with Gasteiger partial charge in [0.25, 0.3) is 0 Å². The molecular formula is C16H18Cl2N2O. The zero-order chi connectivity index (χ0) is 15.2. The van der Waals surface area contributed by atoms with E-state index in [2.05, 4.69) is 17.6 Å². The summed E-state index contributed by atoms with van der Waals surface area (Å²) in [7, 11) is 1.66. The van der Waals surface area contributed by atoms with Crippen LogP contribution in [0, 0.1) is 0 Å². The van der Waals surface area contributed by atoms with Crippen molar-refractivity contribution in [3.05, 3.63) is 63.6 Å². The van der Waals surface area contributed by atoms with Crippen LogP contribution in [0.15, 0.2) is 42.5 Å². The molecule has 0 heterocycles. The molecule has 0 saturated carbocycles. The van der Waals surface area contributed by atoms with Crippen LogP contribution in [0.1, 0.15) is 23.6 Å². The molecule has 21 heavy (non-hydrogen) atoms. The van der Waals surface area contributed by atoms with Gasteiger partial charge in [0.15, 0.2) is 0 Å². The zero-order valence-electron chi connectivity index (χ0n) is 11.8. The molecule has 2 aromatic rings. The third-order valence-corrected chi connectivity index (χ3v) is 3.81. The van der Waals surface area contributed by atoms with Crippen molar-refractivity contribution in [1.82, 2.24) is 5.43 Å². The molecule has 0 aliphatic rings. The average molecular weight is 325 g/mol. The van der Waals surface area contributed by atoms with E-state index in [4.69, 9.17) is 33.8 Å². The van der Waals surface area contributed by atoms with Crippen LogP contribution in [0.4, 0.5) is 0 Å². The van der Waals surface area contributed by atoms with Crippen molar-refractivity contribution in [1.29, 1.82) is 0 Å². The first-order valence-electron chi connectivity index (χ1n) is 6.67. The number of halogens is 2. The Morgan fingerprint density at radius 1 is 1.10 bits per heavy atom. The molecule has 0 aliphatic heterocycles. The lowest BCUT2D eigenvalue weighted by atomic mass is 9.99. The molecular weight excluding hydrogens is 307 g/mol. The second kappa shape index (κ2) is 7.66. The average Bonchev–Trinajstić information content (AvgIpc) is 2.47. The van der Waals surface area contributed by atoms with Crippen molar-refractivity contribution < 1.29 is 4.74 Å². The smallest absolute Gasteiger partial charge is 0.118 e. The van der Waals surface area contributed by atoms with E-state index in [0.717, 1.165) is 24.2 Å². The highest BCUT2D eigenvalue weighted by Crippen LogP contribution is 2.26. The Kier molecular flexibility index (Phi) is 5.88. The highest BCUT2D eigenvalue weighted by Gasteiger charge is 2.11. The maximum absolute atomic E-state index is 6.03. The SMILES string of the molecule is COc1ccc(CCC(NN)c2cc(Cl)cc(Cl)c2)cc1. The minimum absolute atomic E-state index is 0.00306. The maximum Gasteiger partial charge on any atom is 0.118 e. The fourth-order valence-electron chi connectivity index (χ4n) is 2.23. The normalized spacial score (nSPS) is 12.2. The number of rotatable bonds is 6. The highest BCUT2D eigenvalue weighted by molar-refractivity contribution is 6.34. The minimum Gasteiger partial charge on any atom is -0.497 e. The number of aryl methyl sites for hydroxylation is 1. The fraction of sp³-hybridized carbons (Fsp3) is 0.250. The Bertz CT molecular complexity index is 567. The fourth-order valence-corrected chi connectivity index (χ4v) is 2.77. The van der Waals surface area contributed by atoms with Crippen LogP contribution in [-0.2, 0) is 6.42 Å². The Morgan fingerprint density at radius 2 is 1.71 bits per heavy atom. The largest absolute Gasteiger partial charge is 0.497 e. The van der Waals surface area contributed by atoms with Gasteiger partial charge in [0.2, 0.25) is 0 Å². The van der Waals surface area contributed by atoms with Gasteiger partial charge in [0.1, 0.15) is 5.75 Å². The lowest BCUT2D eigenvalue weighted by molar-refractivity contribution is 0.414. The summed E-state index contributed by atoms with van der Waals surface area (Å²) in [4.78, 5) is 0. The summed E-state index contributed by atoms with van der Waals surface area (Å²) >= 11 is 12.1. The van der Waals surface area contributed by atoms with Gasteiger partial charge in [0.05, 0.1) is 7.11 Å². The van der Waals surface area contributed by atoms with Gasteiger partial charge in [-0.05, 0) is 54.3 Å². The van der Waals surface area contributed by atoms with Crippen molar-refractivity contribution in [3.8, 4) is 5.75 Å². The minimum atomic E-state index is 0.00306. The van der Waals surface area contributed by atoms with E-state index in [-0.39, 0.29) is 6.04 Å². The van der Waals surface area contributed by atoms with Gasteiger partial charge in [0, 0.05) is 16.1 Å². The van der Waals surface area contributed by atoms with Crippen LogP contribution in [0.2, 0.25) is 10.0 Å². The summed E-state index contributed by atoms with van der Waals surface area (Å²) in [6.45, 7) is 0. The van der Waals surface area contributed by atoms with Crippen molar-refractivity contribution >= 4 is 23.2 Å². The summed E-state index contributed by atoms with van der Waals surface area (Å²) in [5.41, 5.74) is 5.04. The summed E-state index contributed by atoms with van der Waals surface area (Å²) in [6.07, 6.45) is 1.74. The molecule has 3 nitrogen and oxygen atoms in total. The molecule has 0 spiro atoms. The van der Waals surface area contributed by atoms with E-state index >= 15 is 0 Å². The van der Waals surface area contributed by atoms with E-state index in [1.54, 1.807) is 13.2 Å². The Hall–Kier alpha value is -1.26. The zero-order valence-corrected chi connectivity index (χ0v) is 13.3. The van der Waals surface area contributed by atoms with E-state index in [9.17, 15) is 0 Å². The monoisotopic (exact) mass is 324 g/mol. The molecule has 0 fully saturated rings. The number of ether oxygens (including phenoxy) is 1. The van der Waals surface area contributed by atoms with E-state index in [0.29, 0.717) is 10.0 Å². The second-order valence-corrected chi connectivity index (χ2v) is 5.68. The molecule has 0 aromatic heterocycles. The van der Waals surface area contributed by atoms with Crippen molar-refractivity contribution in [3.63, 3.8) is 0 Å². The van der Waals surface area contributed by atoms with Gasteiger partial charge in [-0.3, -0.25) is 11.3 Å². The summed E-state index contributed by atoms with van der Waals surface area (Å²) in [5.74, 6) is 6.51. The van der Waals surface area contributed by atoms with Gasteiger partial charge in [-0.15, -0.1) is 0 Å². The van der Waals surface area contributed by atoms with E-state index in [1.807, 2.05) is 24.3 Å². The number of nitrogens with one attached hydrogen (secondary N) is 1. The van der Waals surface area contributed by atoms with Crippen LogP contribution >= 0.6 is 23.2 Å². The first-order valence-corrected chi connectivity index (χ1v) is 7.43. The molecule has 1 unspecified atom stereocenters. The van der Waals surface area contributed by atoms with Crippen LogP contribution in [0.25, 0.3) is 0 Å². The summed E-state index contributed by atoms with van der Waals surface area (Å²) < 4.78 is 5.15. The number of hydrazine groups is 1. The lowest BCUT2D eigenvalue weighted by Gasteiger charge is -2.17. The Morgan fingerprint density at radius 3 is 2.24 bits per heavy atom. The second-order valence-electron chi connectivity index (χ2n) is 4.81. The molecule has 0 bridgehead atoms. The van der Waals surface area contributed by atoms with Gasteiger partial charge >= 0.3 is 0 Å². The molecule has 5 heteroatoms. The molecule has 1 atom stereocenters. The number of nitrogens with two attached hydrogens (primary N) is 1. The topological polar surface area (TPSA) is 47.3 Å². The molecule has 112 valence electrons. The first-order chi connectivity index (χ1) is 10.1. The first kappa shape index (κ1) is 16.1. The molecule has 0 aliphatic carbocycles. The van der Waals surface area contributed by atoms with Gasteiger partial charge < -0.3 is 4.74 Å². The molecule has 2 aromatic carbocycles. The van der Waals surface area contributed by atoms with Crippen molar-refractivity contribution in [2.24, 2.45) is 5.84 Å². The number of hydrogen-bond acceptors (Lipinski definition) is 3. The molecule has 0 amide bonds. The van der Waals surface area contributed by atoms with E-state index in [1.165, 1.54) is 5.56 Å². The molecule has 2 rings (SSSR count). The Labute approximate surface area is 135 Å². The lowest BCUT2D eigenvalue weighted by Crippen LogP contribution is -2.28. The molecule has 0 radical (unpaired) electrons. The van der Waals surface area contributed by atoms with Gasteiger partial charge in [-0.2, -0.15) is 0 Å². The number of hydrogen-bond donors (Lipinski definition) is 2. The number of methoxy groups -OCH3 is 1. The highest BCUT2D eigenvalue weighted by atomic mass is 35.5. The predicted octanol–water partition coefficient (Wildman–Crippen LogP) is 4.14. The van der Waals surface area contributed by atoms with E-state index < -0.39 is 0 Å². The molecule has 0 saturated heterocycles. The quantitative estimate of drug-likeness (QED) is 0.620. The maximum atomic E-state index is 6.03. The standard InChI is InChI=1S/C16H18Cl2N2O/c1-21-15-5-2-11(3-6-15)4-7-16(20-19)12-8-13(17)10-14(18)9-12/h2-3,5-6,8-10,16,20H,4,7,19H2,1H3. The van der Waals surface area contributed by atoms with Crippen molar-refractivity contribution in [2.75, 3.05) is 7.11 Å². The third-order valence-electron chi connectivity index (χ3n) is 3.37. The van der Waals surface area contributed by atoms with Crippen LogP contribution < -0.4 is 16.0 Å². The predicted molar refractivity (Wildman–Crippen MR) is 87.8 cm³/mol. The van der Waals surface area contributed by atoms with Crippen molar-refractivity contribution in [2.45, 2.75) is 18.9 Å². The van der Waals surface area contributed by atoms with Gasteiger partial charge in [-0.1, -0.05) is 35.3 Å². The summed E-state index contributed by atoms with van der Waals surface area (Å²) in [5, 5.41) is 1.23. The van der Waals surface area contributed by atoms with Crippen LogP contribution in [0.3, 0.4) is 0 Å². The number of benzene rings is 2. The Balaban J connectivity index is 2.04. The molecule has 3 N–H and O–H groups in total. The summed E-state index contributed by atoms with van der Waals surface area (Å²) in [6, 6.07) is 13.5. The van der Waals surface area contributed by atoms with Crippen LogP contribution in [-0.4, -0.2) is 7.11 Å². The van der Waals surface area contributed by atoms with Crippen LogP contribution in [0.5, 0.6) is 5.75 Å². The third kappa shape index (κ3) is 4.61.